The van der Waals surface area contributed by atoms with E-state index in [0.29, 0.717) is 6.54 Å². The fourth-order valence-corrected chi connectivity index (χ4v) is 1.92. The lowest BCUT2D eigenvalue weighted by atomic mass is 9.98. The summed E-state index contributed by atoms with van der Waals surface area (Å²) < 4.78 is 0. The van der Waals surface area contributed by atoms with Crippen LogP contribution in [0.15, 0.2) is 24.3 Å². The van der Waals surface area contributed by atoms with E-state index in [2.05, 4.69) is 10.6 Å². The van der Waals surface area contributed by atoms with E-state index < -0.39 is 12.1 Å². The normalized spacial score (nSPS) is 13.3. The van der Waals surface area contributed by atoms with Gasteiger partial charge in [0.05, 0.1) is 6.61 Å². The molecule has 0 saturated carbocycles. The Morgan fingerprint density at radius 1 is 1.24 bits per heavy atom. The first-order valence-corrected chi connectivity index (χ1v) is 7.00. The minimum atomic E-state index is -0.706. The van der Waals surface area contributed by atoms with E-state index in [1.807, 2.05) is 26.0 Å². The van der Waals surface area contributed by atoms with Gasteiger partial charge in [-0.05, 0) is 17.0 Å². The molecular weight excluding hydrogens is 270 g/mol. The monoisotopic (exact) mass is 293 g/mol. The fourth-order valence-electron chi connectivity index (χ4n) is 1.92. The molecule has 2 unspecified atom stereocenters. The van der Waals surface area contributed by atoms with Crippen LogP contribution in [0.3, 0.4) is 0 Å². The number of hydrogen-bond acceptors (Lipinski definition) is 3. The van der Waals surface area contributed by atoms with Crippen LogP contribution in [0.5, 0.6) is 0 Å². The topological polar surface area (TPSA) is 104 Å². The van der Waals surface area contributed by atoms with Crippen LogP contribution in [0.4, 0.5) is 4.79 Å². The highest BCUT2D eigenvalue weighted by Gasteiger charge is 2.24. The summed E-state index contributed by atoms with van der Waals surface area (Å²) in [6.45, 7) is 4.18. The van der Waals surface area contributed by atoms with Crippen LogP contribution in [-0.4, -0.2) is 23.1 Å². The van der Waals surface area contributed by atoms with Crippen LogP contribution in [0.2, 0.25) is 0 Å². The Morgan fingerprint density at radius 3 is 2.29 bits per heavy atom. The summed E-state index contributed by atoms with van der Waals surface area (Å²) in [6, 6.07) is 5.94. The summed E-state index contributed by atoms with van der Waals surface area (Å²) in [7, 11) is 0. The Morgan fingerprint density at radius 2 is 1.81 bits per heavy atom. The predicted octanol–water partition coefficient (Wildman–Crippen LogP) is 0.878. The van der Waals surface area contributed by atoms with Crippen molar-refractivity contribution >= 4 is 11.9 Å². The van der Waals surface area contributed by atoms with Crippen LogP contribution in [0.25, 0.3) is 0 Å². The summed E-state index contributed by atoms with van der Waals surface area (Å²) in [6.07, 6.45) is 0.754. The quantitative estimate of drug-likeness (QED) is 0.599. The van der Waals surface area contributed by atoms with Crippen molar-refractivity contribution < 1.29 is 14.7 Å². The molecule has 0 aliphatic rings. The molecule has 0 aliphatic heterocycles. The summed E-state index contributed by atoms with van der Waals surface area (Å²) in [5.41, 5.74) is 6.85. The molecule has 6 heteroatoms. The molecule has 116 valence electrons. The van der Waals surface area contributed by atoms with Gasteiger partial charge in [-0.1, -0.05) is 44.5 Å². The van der Waals surface area contributed by atoms with Crippen LogP contribution in [-0.2, 0) is 17.9 Å². The molecule has 3 amide bonds. The van der Waals surface area contributed by atoms with Crippen molar-refractivity contribution in [3.05, 3.63) is 35.4 Å². The number of aliphatic hydroxyl groups excluding tert-OH is 1. The van der Waals surface area contributed by atoms with Crippen LogP contribution < -0.4 is 16.4 Å². The molecule has 21 heavy (non-hydrogen) atoms. The maximum Gasteiger partial charge on any atom is 0.312 e. The molecule has 0 saturated heterocycles. The molecule has 0 heterocycles. The molecule has 6 nitrogen and oxygen atoms in total. The van der Waals surface area contributed by atoms with Crippen molar-refractivity contribution in [2.45, 2.75) is 39.5 Å². The second-order valence-corrected chi connectivity index (χ2v) is 5.06. The van der Waals surface area contributed by atoms with Crippen molar-refractivity contribution in [3.63, 3.8) is 0 Å². The number of aliphatic hydroxyl groups is 1. The number of primary amides is 1. The first-order valence-electron chi connectivity index (χ1n) is 7.00. The number of amides is 3. The Labute approximate surface area is 124 Å². The van der Waals surface area contributed by atoms with Crippen molar-refractivity contribution in [2.75, 3.05) is 0 Å². The molecule has 0 radical (unpaired) electrons. The van der Waals surface area contributed by atoms with Crippen LogP contribution in [0, 0.1) is 5.92 Å². The van der Waals surface area contributed by atoms with Gasteiger partial charge in [0.15, 0.2) is 0 Å². The maximum atomic E-state index is 12.2. The molecule has 2 atom stereocenters. The molecule has 0 aromatic heterocycles. The first-order chi connectivity index (χ1) is 9.97. The van der Waals surface area contributed by atoms with Crippen LogP contribution in [0.1, 0.15) is 31.4 Å². The third-order valence-electron chi connectivity index (χ3n) is 3.47. The molecule has 0 fully saturated rings. The van der Waals surface area contributed by atoms with Gasteiger partial charge in [0.25, 0.3) is 0 Å². The third kappa shape index (κ3) is 5.43. The molecule has 1 aromatic carbocycles. The average Bonchev–Trinajstić information content (AvgIpc) is 2.49. The molecule has 0 spiro atoms. The third-order valence-corrected chi connectivity index (χ3v) is 3.47. The lowest BCUT2D eigenvalue weighted by molar-refractivity contribution is -0.124. The SMILES string of the molecule is CCC(C)C(NC(N)=O)C(=O)NCc1ccc(CO)cc1. The molecular formula is C15H23N3O3. The number of carbonyl (C=O) groups excluding carboxylic acids is 2. The Hall–Kier alpha value is -2.08. The van der Waals surface area contributed by atoms with E-state index in [1.54, 1.807) is 12.1 Å². The summed E-state index contributed by atoms with van der Waals surface area (Å²) in [5.74, 6) is -0.261. The zero-order valence-electron chi connectivity index (χ0n) is 12.4. The number of nitrogens with one attached hydrogen (secondary N) is 2. The number of benzene rings is 1. The van der Waals surface area contributed by atoms with Gasteiger partial charge in [0.1, 0.15) is 6.04 Å². The molecule has 0 bridgehead atoms. The minimum Gasteiger partial charge on any atom is -0.392 e. The zero-order chi connectivity index (χ0) is 15.8. The first kappa shape index (κ1) is 17.0. The smallest absolute Gasteiger partial charge is 0.312 e. The standard InChI is InChI=1S/C15H23N3O3/c1-3-10(2)13(18-15(16)21)14(20)17-8-11-4-6-12(9-19)7-5-11/h4-7,10,13,19H,3,8-9H2,1-2H3,(H,17,20)(H3,16,18,21). The number of urea groups is 1. The van der Waals surface area contributed by atoms with Gasteiger partial charge in [-0.3, -0.25) is 4.79 Å². The second-order valence-electron chi connectivity index (χ2n) is 5.06. The number of nitrogens with two attached hydrogens (primary N) is 1. The van der Waals surface area contributed by atoms with Crippen molar-refractivity contribution in [3.8, 4) is 0 Å². The second kappa shape index (κ2) is 8.26. The molecule has 1 rings (SSSR count). The molecule has 0 aliphatic carbocycles. The van der Waals surface area contributed by atoms with Gasteiger partial charge in [-0.2, -0.15) is 0 Å². The van der Waals surface area contributed by atoms with Gasteiger partial charge < -0.3 is 21.5 Å². The van der Waals surface area contributed by atoms with Gasteiger partial charge in [-0.25, -0.2) is 4.79 Å². The van der Waals surface area contributed by atoms with Crippen molar-refractivity contribution in [1.29, 1.82) is 0 Å². The van der Waals surface area contributed by atoms with Gasteiger partial charge in [-0.15, -0.1) is 0 Å². The minimum absolute atomic E-state index is 0.00531. The maximum absolute atomic E-state index is 12.2. The number of hydrogen-bond donors (Lipinski definition) is 4. The highest BCUT2D eigenvalue weighted by Crippen LogP contribution is 2.09. The highest BCUT2D eigenvalue weighted by atomic mass is 16.3. The summed E-state index contributed by atoms with van der Waals surface area (Å²) in [4.78, 5) is 23.1. The van der Waals surface area contributed by atoms with E-state index in [9.17, 15) is 9.59 Å². The highest BCUT2D eigenvalue weighted by molar-refractivity contribution is 5.86. The van der Waals surface area contributed by atoms with E-state index >= 15 is 0 Å². The Balaban J connectivity index is 2.61. The predicted molar refractivity (Wildman–Crippen MR) is 80.2 cm³/mol. The summed E-state index contributed by atoms with van der Waals surface area (Å²) >= 11 is 0. The number of rotatable bonds is 7. The van der Waals surface area contributed by atoms with E-state index in [4.69, 9.17) is 10.8 Å². The molecule has 5 N–H and O–H groups in total. The Bertz CT molecular complexity index is 474. The zero-order valence-corrected chi connectivity index (χ0v) is 12.4. The van der Waals surface area contributed by atoms with Gasteiger partial charge >= 0.3 is 6.03 Å². The van der Waals surface area contributed by atoms with E-state index in [-0.39, 0.29) is 18.4 Å². The summed E-state index contributed by atoms with van der Waals surface area (Å²) in [5, 5.41) is 14.2. The van der Waals surface area contributed by atoms with E-state index in [0.717, 1.165) is 17.5 Å². The van der Waals surface area contributed by atoms with Crippen LogP contribution >= 0.6 is 0 Å². The van der Waals surface area contributed by atoms with Gasteiger partial charge in [0, 0.05) is 6.54 Å². The Kier molecular flexibility index (Phi) is 6.68. The lowest BCUT2D eigenvalue weighted by Crippen LogP contribution is -2.51. The average molecular weight is 293 g/mol. The lowest BCUT2D eigenvalue weighted by Gasteiger charge is -2.22. The van der Waals surface area contributed by atoms with Crippen molar-refractivity contribution in [1.82, 2.24) is 10.6 Å². The van der Waals surface area contributed by atoms with Gasteiger partial charge in [0.2, 0.25) is 5.91 Å². The number of carbonyl (C=O) groups is 2. The van der Waals surface area contributed by atoms with Crippen molar-refractivity contribution in [2.24, 2.45) is 11.7 Å². The molecule has 1 aromatic rings. The largest absolute Gasteiger partial charge is 0.392 e. The van der Waals surface area contributed by atoms with E-state index in [1.165, 1.54) is 0 Å². The fraction of sp³-hybridized carbons (Fsp3) is 0.467.